The summed E-state index contributed by atoms with van der Waals surface area (Å²) < 4.78 is 0.843. The van der Waals surface area contributed by atoms with Gasteiger partial charge in [0.25, 0.3) is 0 Å². The van der Waals surface area contributed by atoms with Crippen LogP contribution in [0, 0.1) is 5.92 Å². The molecule has 2 aromatic carbocycles. The predicted octanol–water partition coefficient (Wildman–Crippen LogP) is 3.56. The lowest BCUT2D eigenvalue weighted by Gasteiger charge is -2.19. The van der Waals surface area contributed by atoms with Crippen molar-refractivity contribution in [2.45, 2.75) is 19.4 Å². The number of para-hydroxylation sites is 3. The fourth-order valence-electron chi connectivity index (χ4n) is 3.36. The Morgan fingerprint density at radius 3 is 2.78 bits per heavy atom. The Morgan fingerprint density at radius 1 is 1.26 bits per heavy atom. The first kappa shape index (κ1) is 17.7. The Kier molecular flexibility index (Phi) is 4.70. The number of hydrogen-bond acceptors (Lipinski definition) is 3. The van der Waals surface area contributed by atoms with E-state index in [2.05, 4.69) is 31.2 Å². The van der Waals surface area contributed by atoms with Crippen LogP contribution in [0.4, 0.5) is 5.69 Å². The zero-order chi connectivity index (χ0) is 19.0. The van der Waals surface area contributed by atoms with Gasteiger partial charge in [0.1, 0.15) is 5.82 Å². The highest BCUT2D eigenvalue weighted by atomic mass is 79.9. The highest BCUT2D eigenvalue weighted by Crippen LogP contribution is 2.31. The Hall–Kier alpha value is -2.67. The van der Waals surface area contributed by atoms with E-state index in [4.69, 9.17) is 0 Å². The normalized spacial score (nSPS) is 18.1. The molecule has 27 heavy (non-hydrogen) atoms. The largest absolute Gasteiger partial charge is 0.346 e. The van der Waals surface area contributed by atoms with Crippen LogP contribution in [-0.4, -0.2) is 28.3 Å². The van der Waals surface area contributed by atoms with Crippen LogP contribution in [0.25, 0.3) is 11.0 Å². The van der Waals surface area contributed by atoms with Gasteiger partial charge in [0.05, 0.1) is 28.7 Å². The molecule has 0 bridgehead atoms. The van der Waals surface area contributed by atoms with Gasteiger partial charge in [-0.05, 0) is 47.1 Å². The summed E-state index contributed by atoms with van der Waals surface area (Å²) >= 11 is 3.47. The van der Waals surface area contributed by atoms with Gasteiger partial charge in [-0.2, -0.15) is 0 Å². The monoisotopic (exact) mass is 426 g/mol. The van der Waals surface area contributed by atoms with Crippen LogP contribution in [-0.2, 0) is 9.59 Å². The number of benzene rings is 2. The van der Waals surface area contributed by atoms with Gasteiger partial charge in [0.15, 0.2) is 0 Å². The van der Waals surface area contributed by atoms with Crippen LogP contribution in [0.1, 0.15) is 25.2 Å². The summed E-state index contributed by atoms with van der Waals surface area (Å²) in [6.45, 7) is 2.26. The van der Waals surface area contributed by atoms with Crippen molar-refractivity contribution in [3.63, 3.8) is 0 Å². The van der Waals surface area contributed by atoms with E-state index < -0.39 is 0 Å². The summed E-state index contributed by atoms with van der Waals surface area (Å²) in [6.07, 6.45) is 0.208. The number of carbonyl (C=O) groups excluding carboxylic acids is 2. The van der Waals surface area contributed by atoms with Crippen molar-refractivity contribution in [1.82, 2.24) is 15.3 Å². The Labute approximate surface area is 165 Å². The van der Waals surface area contributed by atoms with E-state index in [1.165, 1.54) is 0 Å². The second-order valence-electron chi connectivity index (χ2n) is 6.73. The number of anilines is 1. The molecule has 0 saturated carbocycles. The van der Waals surface area contributed by atoms with Crippen molar-refractivity contribution >= 4 is 44.5 Å². The van der Waals surface area contributed by atoms with Crippen LogP contribution in [0.5, 0.6) is 0 Å². The minimum absolute atomic E-state index is 0.0431. The molecule has 0 unspecified atom stereocenters. The number of rotatable bonds is 4. The van der Waals surface area contributed by atoms with E-state index in [-0.39, 0.29) is 30.2 Å². The maximum Gasteiger partial charge on any atom is 0.227 e. The van der Waals surface area contributed by atoms with Gasteiger partial charge in [-0.25, -0.2) is 4.98 Å². The number of nitrogens with zero attached hydrogens (tertiary/aromatic N) is 2. The smallest absolute Gasteiger partial charge is 0.227 e. The average Bonchev–Trinajstić information content (AvgIpc) is 3.26. The number of aromatic nitrogens is 2. The van der Waals surface area contributed by atoms with Gasteiger partial charge in [0.2, 0.25) is 11.8 Å². The first-order valence-electron chi connectivity index (χ1n) is 8.83. The second kappa shape index (κ2) is 7.15. The van der Waals surface area contributed by atoms with Crippen LogP contribution in [0.15, 0.2) is 53.0 Å². The van der Waals surface area contributed by atoms with Crippen molar-refractivity contribution in [2.75, 3.05) is 11.4 Å². The number of halogens is 1. The van der Waals surface area contributed by atoms with Gasteiger partial charge >= 0.3 is 0 Å². The van der Waals surface area contributed by atoms with Crippen LogP contribution in [0.3, 0.4) is 0 Å². The third kappa shape index (κ3) is 3.47. The second-order valence-corrected chi connectivity index (χ2v) is 7.58. The molecule has 0 radical (unpaired) electrons. The number of aromatic amines is 1. The molecule has 1 aliphatic rings. The zero-order valence-electron chi connectivity index (χ0n) is 14.8. The van der Waals surface area contributed by atoms with E-state index in [1.807, 2.05) is 55.5 Å². The summed E-state index contributed by atoms with van der Waals surface area (Å²) in [5.74, 6) is 0.150. The third-order valence-corrected chi connectivity index (χ3v) is 5.49. The number of imidazole rings is 1. The summed E-state index contributed by atoms with van der Waals surface area (Å²) in [5, 5.41) is 2.98. The fraction of sp³-hybridized carbons (Fsp3) is 0.250. The number of carbonyl (C=O) groups is 2. The van der Waals surface area contributed by atoms with Gasteiger partial charge in [-0.3, -0.25) is 9.59 Å². The molecule has 7 heteroatoms. The van der Waals surface area contributed by atoms with E-state index in [1.54, 1.807) is 4.90 Å². The molecular formula is C20H19BrN4O2. The average molecular weight is 427 g/mol. The Morgan fingerprint density at radius 2 is 2.00 bits per heavy atom. The Bertz CT molecular complexity index is 983. The predicted molar refractivity (Wildman–Crippen MR) is 107 cm³/mol. The van der Waals surface area contributed by atoms with E-state index in [0.717, 1.165) is 21.2 Å². The van der Waals surface area contributed by atoms with Gasteiger partial charge in [-0.1, -0.05) is 24.3 Å². The first-order valence-corrected chi connectivity index (χ1v) is 9.62. The van der Waals surface area contributed by atoms with Crippen LogP contribution < -0.4 is 10.2 Å². The van der Waals surface area contributed by atoms with Gasteiger partial charge in [0, 0.05) is 17.4 Å². The molecule has 1 saturated heterocycles. The van der Waals surface area contributed by atoms with Crippen LogP contribution in [0.2, 0.25) is 0 Å². The molecule has 3 aromatic rings. The standard InChI is InChI=1S/C20H19BrN4O2/c1-12(19-23-15-7-3-4-8-16(15)24-19)22-20(27)13-10-18(26)25(11-13)17-9-5-2-6-14(17)21/h2-9,12-13H,10-11H2,1H3,(H,22,27)(H,23,24)/t12-,13+/m1/s1. The van der Waals surface area contributed by atoms with Crippen molar-refractivity contribution in [3.05, 3.63) is 58.8 Å². The summed E-state index contributed by atoms with van der Waals surface area (Å²) in [7, 11) is 0. The maximum atomic E-state index is 12.7. The highest BCUT2D eigenvalue weighted by Gasteiger charge is 2.36. The minimum atomic E-state index is -0.378. The third-order valence-electron chi connectivity index (χ3n) is 4.82. The molecule has 6 nitrogen and oxygen atoms in total. The van der Waals surface area contributed by atoms with Crippen LogP contribution >= 0.6 is 15.9 Å². The van der Waals surface area contributed by atoms with E-state index >= 15 is 0 Å². The van der Waals surface area contributed by atoms with E-state index in [0.29, 0.717) is 12.4 Å². The highest BCUT2D eigenvalue weighted by molar-refractivity contribution is 9.10. The summed E-state index contributed by atoms with van der Waals surface area (Å²) in [6, 6.07) is 15.0. The van der Waals surface area contributed by atoms with Crippen molar-refractivity contribution in [1.29, 1.82) is 0 Å². The first-order chi connectivity index (χ1) is 13.0. The number of H-pyrrole nitrogens is 1. The lowest BCUT2D eigenvalue weighted by atomic mass is 10.1. The molecule has 2 heterocycles. The fourth-order valence-corrected chi connectivity index (χ4v) is 3.86. The number of nitrogens with one attached hydrogen (secondary N) is 2. The van der Waals surface area contributed by atoms with E-state index in [9.17, 15) is 9.59 Å². The molecule has 2 N–H and O–H groups in total. The molecule has 1 fully saturated rings. The number of amides is 2. The number of hydrogen-bond donors (Lipinski definition) is 2. The molecule has 0 spiro atoms. The van der Waals surface area contributed by atoms with Crippen molar-refractivity contribution in [3.8, 4) is 0 Å². The number of fused-ring (bicyclic) bond motifs is 1. The molecule has 1 aromatic heterocycles. The molecule has 138 valence electrons. The molecule has 0 aliphatic carbocycles. The molecule has 1 aliphatic heterocycles. The molecule has 4 rings (SSSR count). The quantitative estimate of drug-likeness (QED) is 0.669. The minimum Gasteiger partial charge on any atom is -0.346 e. The summed E-state index contributed by atoms with van der Waals surface area (Å²) in [4.78, 5) is 34.6. The lowest BCUT2D eigenvalue weighted by Crippen LogP contribution is -2.35. The van der Waals surface area contributed by atoms with Gasteiger partial charge in [-0.15, -0.1) is 0 Å². The lowest BCUT2D eigenvalue weighted by molar-refractivity contribution is -0.126. The van der Waals surface area contributed by atoms with Crippen molar-refractivity contribution in [2.24, 2.45) is 5.92 Å². The SMILES string of the molecule is C[C@@H](NC(=O)[C@H]1CC(=O)N(c2ccccc2Br)C1)c1nc2ccccc2[nH]1. The zero-order valence-corrected chi connectivity index (χ0v) is 16.4. The molecule has 2 atom stereocenters. The van der Waals surface area contributed by atoms with Crippen molar-refractivity contribution < 1.29 is 9.59 Å². The van der Waals surface area contributed by atoms with Gasteiger partial charge < -0.3 is 15.2 Å². The molecule has 2 amide bonds. The molecular weight excluding hydrogens is 408 g/mol. The summed E-state index contributed by atoms with van der Waals surface area (Å²) in [5.41, 5.74) is 2.60. The topological polar surface area (TPSA) is 78.1 Å². The Balaban J connectivity index is 1.45. The maximum absolute atomic E-state index is 12.7.